The van der Waals surface area contributed by atoms with Gasteiger partial charge >= 0.3 is 0 Å². The molecule has 1 saturated heterocycles. The minimum Gasteiger partial charge on any atom is -0.487 e. The molecule has 2 fully saturated rings. The molecule has 1 aromatic heterocycles. The van der Waals surface area contributed by atoms with Crippen molar-refractivity contribution in [1.29, 1.82) is 0 Å². The van der Waals surface area contributed by atoms with E-state index in [1.54, 1.807) is 4.57 Å². The largest absolute Gasteiger partial charge is 0.487 e. The summed E-state index contributed by atoms with van der Waals surface area (Å²) in [5.41, 5.74) is -0.524. The van der Waals surface area contributed by atoms with Gasteiger partial charge in [0.05, 0.1) is 12.6 Å². The summed E-state index contributed by atoms with van der Waals surface area (Å²) in [6.07, 6.45) is 5.98. The molecule has 2 amide bonds. The summed E-state index contributed by atoms with van der Waals surface area (Å²) in [6.45, 7) is 2.53. The molecule has 5 rings (SSSR count). The van der Waals surface area contributed by atoms with Gasteiger partial charge in [-0.15, -0.1) is 0 Å². The van der Waals surface area contributed by atoms with Gasteiger partial charge in [-0.2, -0.15) is 0 Å². The summed E-state index contributed by atoms with van der Waals surface area (Å²) < 4.78 is 34.6. The van der Waals surface area contributed by atoms with Gasteiger partial charge in [0.2, 0.25) is 5.43 Å². The summed E-state index contributed by atoms with van der Waals surface area (Å²) in [7, 11) is 0. The molecule has 9 heteroatoms. The molecule has 3 aliphatic rings. The van der Waals surface area contributed by atoms with Crippen molar-refractivity contribution in [2.45, 2.75) is 64.2 Å². The number of unbranched alkanes of at least 4 members (excludes halogenated alkanes) is 1. The van der Waals surface area contributed by atoms with Crippen molar-refractivity contribution in [2.24, 2.45) is 5.92 Å². The highest BCUT2D eigenvalue weighted by atomic mass is 19.1. The van der Waals surface area contributed by atoms with Crippen molar-refractivity contribution < 1.29 is 23.1 Å². The third-order valence-corrected chi connectivity index (χ3v) is 7.24. The number of rotatable bonds is 7. The van der Waals surface area contributed by atoms with E-state index in [1.807, 2.05) is 11.8 Å². The molecular formula is C25H27F2N3O4. The lowest BCUT2D eigenvalue weighted by Crippen LogP contribution is -2.52. The van der Waals surface area contributed by atoms with E-state index < -0.39 is 23.0 Å². The molecule has 0 spiro atoms. The first kappa shape index (κ1) is 22.6. The van der Waals surface area contributed by atoms with Gasteiger partial charge in [0.1, 0.15) is 17.2 Å². The van der Waals surface area contributed by atoms with Crippen LogP contribution in [0, 0.1) is 17.6 Å². The fourth-order valence-electron chi connectivity index (χ4n) is 5.52. The summed E-state index contributed by atoms with van der Waals surface area (Å²) in [5.74, 6) is -2.09. The summed E-state index contributed by atoms with van der Waals surface area (Å²) in [6, 6.07) is 3.33. The summed E-state index contributed by atoms with van der Waals surface area (Å²) in [5, 5.41) is 2.54. The number of hydrogen-bond donors (Lipinski definition) is 1. The first-order valence-corrected chi connectivity index (χ1v) is 11.8. The lowest BCUT2D eigenvalue weighted by atomic mass is 9.95. The number of nitrogens with one attached hydrogen (secondary N) is 1. The number of aromatic nitrogens is 1. The number of piperidine rings is 1. The maximum Gasteiger partial charge on any atom is 0.275 e. The van der Waals surface area contributed by atoms with Crippen molar-refractivity contribution >= 4 is 11.8 Å². The topological polar surface area (TPSA) is 80.6 Å². The molecular weight excluding hydrogens is 444 g/mol. The van der Waals surface area contributed by atoms with Crippen LogP contribution in [-0.4, -0.2) is 40.0 Å². The molecule has 180 valence electrons. The molecule has 0 radical (unpaired) electrons. The van der Waals surface area contributed by atoms with Crippen molar-refractivity contribution in [1.82, 2.24) is 14.8 Å². The second-order valence-electron chi connectivity index (χ2n) is 9.33. The summed E-state index contributed by atoms with van der Waals surface area (Å²) in [4.78, 5) is 41.6. The highest BCUT2D eigenvalue weighted by Crippen LogP contribution is 2.46. The van der Waals surface area contributed by atoms with Gasteiger partial charge in [0, 0.05) is 37.0 Å². The predicted octanol–water partition coefficient (Wildman–Crippen LogP) is 3.24. The summed E-state index contributed by atoms with van der Waals surface area (Å²) >= 11 is 0. The van der Waals surface area contributed by atoms with Gasteiger partial charge in [-0.3, -0.25) is 14.4 Å². The highest BCUT2D eigenvalue weighted by Gasteiger charge is 2.51. The van der Waals surface area contributed by atoms with Crippen molar-refractivity contribution in [3.63, 3.8) is 0 Å². The van der Waals surface area contributed by atoms with E-state index in [0.29, 0.717) is 18.9 Å². The first-order chi connectivity index (χ1) is 16.4. The van der Waals surface area contributed by atoms with Crippen LogP contribution in [0.25, 0.3) is 0 Å². The Morgan fingerprint density at radius 1 is 1.24 bits per heavy atom. The SMILES string of the molecule is CCCCOc1c2n(cc(C(=O)NCc3ccc(F)cc3F)c1=O)C[C@H]1[C@@H]3CC[C@@H](C3)N1C2=O. The molecule has 2 aliphatic heterocycles. The van der Waals surface area contributed by atoms with Gasteiger partial charge in [-0.1, -0.05) is 19.4 Å². The van der Waals surface area contributed by atoms with Crippen molar-refractivity contribution in [3.05, 3.63) is 63.1 Å². The number of halogens is 2. The number of carbonyl (C=O) groups is 2. The average Bonchev–Trinajstić information content (AvgIpc) is 3.42. The number of fused-ring (bicyclic) bond motifs is 6. The molecule has 3 atom stereocenters. The Balaban J connectivity index is 1.48. The van der Waals surface area contributed by atoms with Crippen LogP contribution in [0.3, 0.4) is 0 Å². The molecule has 34 heavy (non-hydrogen) atoms. The molecule has 3 heterocycles. The standard InChI is InChI=1S/C25H27F2N3O4/c1-2-3-8-34-23-21-25(33)30-17-7-5-14(9-17)20(30)13-29(21)12-18(22(23)31)24(32)28-11-15-4-6-16(26)10-19(15)27/h4,6,10,12,14,17,20H,2-3,5,7-9,11,13H2,1H3,(H,28,32)/t14-,17+,20+/m1/s1. The minimum atomic E-state index is -0.784. The Bertz CT molecular complexity index is 1210. The number of pyridine rings is 1. The van der Waals surface area contributed by atoms with Crippen LogP contribution in [0.15, 0.2) is 29.2 Å². The maximum atomic E-state index is 14.0. The van der Waals surface area contributed by atoms with E-state index >= 15 is 0 Å². The quantitative estimate of drug-likeness (QED) is 0.629. The van der Waals surface area contributed by atoms with Crippen LogP contribution in [0.1, 0.15) is 65.4 Å². The van der Waals surface area contributed by atoms with Gasteiger partial charge in [0.25, 0.3) is 11.8 Å². The number of nitrogens with zero attached hydrogens (tertiary/aromatic N) is 2. The number of carbonyl (C=O) groups excluding carboxylic acids is 2. The van der Waals surface area contributed by atoms with Crippen LogP contribution in [0.5, 0.6) is 5.75 Å². The van der Waals surface area contributed by atoms with Crippen LogP contribution < -0.4 is 15.5 Å². The van der Waals surface area contributed by atoms with E-state index in [-0.39, 0.29) is 53.7 Å². The monoisotopic (exact) mass is 471 g/mol. The van der Waals surface area contributed by atoms with Gasteiger partial charge < -0.3 is 19.5 Å². The zero-order valence-corrected chi connectivity index (χ0v) is 19.0. The molecule has 2 bridgehead atoms. The van der Waals surface area contributed by atoms with E-state index in [1.165, 1.54) is 12.3 Å². The molecule has 1 aliphatic carbocycles. The maximum absolute atomic E-state index is 14.0. The number of benzene rings is 1. The third-order valence-electron chi connectivity index (χ3n) is 7.24. The Kier molecular flexibility index (Phi) is 5.87. The molecule has 2 aromatic rings. The third kappa shape index (κ3) is 3.76. The number of hydrogen-bond acceptors (Lipinski definition) is 4. The average molecular weight is 472 g/mol. The zero-order valence-electron chi connectivity index (χ0n) is 19.0. The van der Waals surface area contributed by atoms with Gasteiger partial charge in [-0.25, -0.2) is 8.78 Å². The van der Waals surface area contributed by atoms with Crippen LogP contribution in [0.4, 0.5) is 8.78 Å². The van der Waals surface area contributed by atoms with Crippen molar-refractivity contribution in [3.8, 4) is 5.75 Å². The van der Waals surface area contributed by atoms with Crippen LogP contribution in [0.2, 0.25) is 0 Å². The Morgan fingerprint density at radius 2 is 2.06 bits per heavy atom. The van der Waals surface area contributed by atoms with E-state index in [9.17, 15) is 23.2 Å². The van der Waals surface area contributed by atoms with Crippen LogP contribution in [-0.2, 0) is 13.1 Å². The van der Waals surface area contributed by atoms with Gasteiger partial charge in [-0.05, 0) is 37.7 Å². The van der Waals surface area contributed by atoms with Crippen molar-refractivity contribution in [2.75, 3.05) is 6.61 Å². The van der Waals surface area contributed by atoms with E-state index in [4.69, 9.17) is 4.74 Å². The predicted molar refractivity (Wildman–Crippen MR) is 120 cm³/mol. The molecule has 1 saturated carbocycles. The molecule has 0 unspecified atom stereocenters. The Labute approximate surface area is 195 Å². The van der Waals surface area contributed by atoms with Crippen LogP contribution >= 0.6 is 0 Å². The molecule has 1 N–H and O–H groups in total. The normalized spacial score (nSPS) is 22.5. The number of ether oxygens (including phenoxy) is 1. The lowest BCUT2D eigenvalue weighted by Gasteiger charge is -2.40. The second-order valence-corrected chi connectivity index (χ2v) is 9.33. The second kappa shape index (κ2) is 8.85. The Morgan fingerprint density at radius 3 is 2.82 bits per heavy atom. The minimum absolute atomic E-state index is 0.0500. The smallest absolute Gasteiger partial charge is 0.275 e. The molecule has 7 nitrogen and oxygen atoms in total. The van der Waals surface area contributed by atoms with E-state index in [2.05, 4.69) is 5.32 Å². The van der Waals surface area contributed by atoms with E-state index in [0.717, 1.165) is 37.8 Å². The molecule has 1 aromatic carbocycles. The first-order valence-electron chi connectivity index (χ1n) is 11.8. The highest BCUT2D eigenvalue weighted by molar-refractivity contribution is 5.99. The zero-order chi connectivity index (χ0) is 24.0. The Hall–Kier alpha value is -3.23. The number of amides is 2. The lowest BCUT2D eigenvalue weighted by molar-refractivity contribution is 0.0479. The fourth-order valence-corrected chi connectivity index (χ4v) is 5.52. The fraction of sp³-hybridized carbons (Fsp3) is 0.480. The van der Waals surface area contributed by atoms with Gasteiger partial charge in [0.15, 0.2) is 11.4 Å².